The van der Waals surface area contributed by atoms with E-state index in [0.29, 0.717) is 5.69 Å². The number of thioether (sulfide) groups is 1. The molecule has 0 aliphatic heterocycles. The predicted octanol–water partition coefficient (Wildman–Crippen LogP) is 2.22. The molecule has 0 fully saturated rings. The molecule has 1 unspecified atom stereocenters. The molecule has 0 saturated heterocycles. The first-order valence-corrected chi connectivity index (χ1v) is 9.59. The molecule has 9 heteroatoms. The molecule has 1 aromatic heterocycles. The van der Waals surface area contributed by atoms with Gasteiger partial charge in [-0.25, -0.2) is 18.5 Å². The minimum absolute atomic E-state index is 0.0406. The molecule has 118 valence electrons. The highest BCUT2D eigenvalue weighted by atomic mass is 32.2. The molecule has 0 spiro atoms. The first-order valence-electron chi connectivity index (χ1n) is 6.28. The molecule has 1 aromatic carbocycles. The molecule has 0 aliphatic rings. The number of sulfonamides is 1. The van der Waals surface area contributed by atoms with Gasteiger partial charge in [-0.2, -0.15) is 0 Å². The van der Waals surface area contributed by atoms with Crippen LogP contribution in [0, 0.1) is 6.92 Å². The largest absolute Gasteiger partial charge is 0.325 e. The molecule has 1 atom stereocenters. The monoisotopic (exact) mass is 357 g/mol. The van der Waals surface area contributed by atoms with E-state index in [1.54, 1.807) is 13.0 Å². The van der Waals surface area contributed by atoms with Crippen molar-refractivity contribution in [1.29, 1.82) is 0 Å². The van der Waals surface area contributed by atoms with Crippen molar-refractivity contribution in [2.45, 2.75) is 28.3 Å². The number of carbonyl (C=O) groups is 1. The molecule has 3 N–H and O–H groups in total. The van der Waals surface area contributed by atoms with Gasteiger partial charge in [0.15, 0.2) is 4.34 Å². The maximum atomic E-state index is 12.1. The summed E-state index contributed by atoms with van der Waals surface area (Å²) in [5.41, 5.74) is 1.31. The number of primary sulfonamides is 1. The Morgan fingerprint density at radius 3 is 2.77 bits per heavy atom. The van der Waals surface area contributed by atoms with Gasteiger partial charge in [-0.15, -0.1) is 11.3 Å². The van der Waals surface area contributed by atoms with Crippen molar-refractivity contribution in [1.82, 2.24) is 4.98 Å². The van der Waals surface area contributed by atoms with Crippen molar-refractivity contribution in [3.63, 3.8) is 0 Å². The molecular formula is C13H15N3O3S3. The third kappa shape index (κ3) is 4.54. The van der Waals surface area contributed by atoms with Gasteiger partial charge >= 0.3 is 0 Å². The Bertz CT molecular complexity index is 787. The maximum Gasteiger partial charge on any atom is 0.238 e. The normalized spacial score (nSPS) is 12.9. The summed E-state index contributed by atoms with van der Waals surface area (Å²) < 4.78 is 23.4. The highest BCUT2D eigenvalue weighted by Crippen LogP contribution is 2.27. The second-order valence-electron chi connectivity index (χ2n) is 4.58. The van der Waals surface area contributed by atoms with Crippen LogP contribution >= 0.6 is 23.1 Å². The van der Waals surface area contributed by atoms with Crippen molar-refractivity contribution in [2.24, 2.45) is 5.14 Å². The Labute approximate surface area is 137 Å². The lowest BCUT2D eigenvalue weighted by Gasteiger charge is -2.11. The number of rotatable bonds is 5. The van der Waals surface area contributed by atoms with E-state index in [1.165, 1.54) is 41.3 Å². The van der Waals surface area contributed by atoms with Crippen molar-refractivity contribution in [3.05, 3.63) is 35.3 Å². The molecule has 0 aliphatic carbocycles. The molecule has 1 amide bonds. The second-order valence-corrected chi connectivity index (χ2v) is 8.58. The topological polar surface area (TPSA) is 102 Å². The fraction of sp³-hybridized carbons (Fsp3) is 0.231. The predicted molar refractivity (Wildman–Crippen MR) is 88.6 cm³/mol. The summed E-state index contributed by atoms with van der Waals surface area (Å²) in [4.78, 5) is 16.4. The third-order valence-corrected chi connectivity index (χ3v) is 5.78. The van der Waals surface area contributed by atoms with Crippen LogP contribution in [0.3, 0.4) is 0 Å². The van der Waals surface area contributed by atoms with E-state index in [0.717, 1.165) is 10.0 Å². The number of aryl methyl sites for hydroxylation is 1. The van der Waals surface area contributed by atoms with Crippen molar-refractivity contribution < 1.29 is 13.2 Å². The average molecular weight is 357 g/mol. The van der Waals surface area contributed by atoms with E-state index in [2.05, 4.69) is 10.3 Å². The number of nitrogens with two attached hydrogens (primary N) is 1. The summed E-state index contributed by atoms with van der Waals surface area (Å²) in [5, 5.41) is 9.31. The van der Waals surface area contributed by atoms with E-state index in [4.69, 9.17) is 5.14 Å². The van der Waals surface area contributed by atoms with Crippen molar-refractivity contribution in [2.75, 3.05) is 5.32 Å². The molecule has 6 nitrogen and oxygen atoms in total. The van der Waals surface area contributed by atoms with Crippen LogP contribution in [0.4, 0.5) is 5.69 Å². The van der Waals surface area contributed by atoms with Gasteiger partial charge in [0.25, 0.3) is 0 Å². The number of nitrogens with zero attached hydrogens (tertiary/aromatic N) is 1. The van der Waals surface area contributed by atoms with Crippen LogP contribution in [0.2, 0.25) is 0 Å². The van der Waals surface area contributed by atoms with Gasteiger partial charge in [0, 0.05) is 16.8 Å². The maximum absolute atomic E-state index is 12.1. The minimum atomic E-state index is -3.79. The molecule has 0 bridgehead atoms. The lowest BCUT2D eigenvalue weighted by Crippen LogP contribution is -2.22. The molecule has 1 heterocycles. The van der Waals surface area contributed by atoms with E-state index in [-0.39, 0.29) is 16.1 Å². The Balaban J connectivity index is 2.05. The zero-order valence-electron chi connectivity index (χ0n) is 11.9. The number of thiazole rings is 1. The lowest BCUT2D eigenvalue weighted by atomic mass is 10.3. The van der Waals surface area contributed by atoms with Gasteiger partial charge in [-0.1, -0.05) is 17.8 Å². The fourth-order valence-electron chi connectivity index (χ4n) is 1.59. The van der Waals surface area contributed by atoms with E-state index >= 15 is 0 Å². The van der Waals surface area contributed by atoms with E-state index in [1.807, 2.05) is 12.3 Å². The number of amides is 1. The number of anilines is 1. The number of hydrogen-bond donors (Lipinski definition) is 2. The molecular weight excluding hydrogens is 342 g/mol. The van der Waals surface area contributed by atoms with Gasteiger partial charge in [0.05, 0.1) is 10.1 Å². The Hall–Kier alpha value is -1.42. The van der Waals surface area contributed by atoms with Gasteiger partial charge in [-0.05, 0) is 32.0 Å². The SMILES string of the molecule is Cc1csc(SC(C)C(=O)Nc2cccc(S(N)(=O)=O)c2)n1. The molecule has 22 heavy (non-hydrogen) atoms. The molecule has 0 saturated carbocycles. The summed E-state index contributed by atoms with van der Waals surface area (Å²) in [6.07, 6.45) is 0. The first-order chi connectivity index (χ1) is 10.3. The van der Waals surface area contributed by atoms with Crippen LogP contribution < -0.4 is 10.5 Å². The zero-order valence-corrected chi connectivity index (χ0v) is 14.4. The summed E-state index contributed by atoms with van der Waals surface area (Å²) in [5.74, 6) is -0.232. The van der Waals surface area contributed by atoms with E-state index in [9.17, 15) is 13.2 Å². The quantitative estimate of drug-likeness (QED) is 0.799. The minimum Gasteiger partial charge on any atom is -0.325 e. The van der Waals surface area contributed by atoms with Gasteiger partial charge in [0.2, 0.25) is 15.9 Å². The zero-order chi connectivity index (χ0) is 16.3. The van der Waals surface area contributed by atoms with Gasteiger partial charge in [-0.3, -0.25) is 4.79 Å². The van der Waals surface area contributed by atoms with E-state index < -0.39 is 10.0 Å². The van der Waals surface area contributed by atoms with Crippen LogP contribution in [-0.4, -0.2) is 24.6 Å². The van der Waals surface area contributed by atoms with Crippen LogP contribution in [0.1, 0.15) is 12.6 Å². The number of nitrogens with one attached hydrogen (secondary N) is 1. The highest BCUT2D eigenvalue weighted by Gasteiger charge is 2.17. The fourth-order valence-corrected chi connectivity index (χ4v) is 4.13. The molecule has 2 rings (SSSR count). The average Bonchev–Trinajstić information content (AvgIpc) is 2.83. The Morgan fingerprint density at radius 1 is 1.45 bits per heavy atom. The smallest absolute Gasteiger partial charge is 0.238 e. The Kier molecular flexibility index (Phi) is 5.22. The van der Waals surface area contributed by atoms with Crippen molar-refractivity contribution in [3.8, 4) is 0 Å². The highest BCUT2D eigenvalue weighted by molar-refractivity contribution is 8.02. The Morgan fingerprint density at radius 2 is 2.18 bits per heavy atom. The van der Waals surface area contributed by atoms with Gasteiger partial charge < -0.3 is 5.32 Å². The summed E-state index contributed by atoms with van der Waals surface area (Å²) >= 11 is 2.84. The second kappa shape index (κ2) is 6.78. The first kappa shape index (κ1) is 16.9. The van der Waals surface area contributed by atoms with Crippen LogP contribution in [-0.2, 0) is 14.8 Å². The number of carbonyl (C=O) groups excluding carboxylic acids is 1. The summed E-state index contributed by atoms with van der Waals surface area (Å²) in [6.45, 7) is 3.66. The standard InChI is InChI=1S/C13H15N3O3S3/c1-8-7-20-13(15-8)21-9(2)12(17)16-10-4-3-5-11(6-10)22(14,18)19/h3-7,9H,1-2H3,(H,16,17)(H2,14,18,19). The molecule has 0 radical (unpaired) electrons. The molecule has 2 aromatic rings. The van der Waals surface area contributed by atoms with Gasteiger partial charge in [0.1, 0.15) is 0 Å². The number of aromatic nitrogens is 1. The summed E-state index contributed by atoms with van der Waals surface area (Å²) in [7, 11) is -3.79. The number of hydrogen-bond acceptors (Lipinski definition) is 6. The van der Waals surface area contributed by atoms with Crippen LogP contribution in [0.5, 0.6) is 0 Å². The lowest BCUT2D eigenvalue weighted by molar-refractivity contribution is -0.115. The van der Waals surface area contributed by atoms with Crippen molar-refractivity contribution >= 4 is 44.7 Å². The third-order valence-electron chi connectivity index (χ3n) is 2.67. The number of benzene rings is 1. The van der Waals surface area contributed by atoms with Crippen LogP contribution in [0.15, 0.2) is 38.9 Å². The van der Waals surface area contributed by atoms with Crippen LogP contribution in [0.25, 0.3) is 0 Å². The summed E-state index contributed by atoms with van der Waals surface area (Å²) in [6, 6.07) is 5.84.